The molecule has 0 bridgehead atoms. The molecule has 4 rings (SSSR count). The smallest absolute Gasteiger partial charge is 0.360 e. The predicted octanol–water partition coefficient (Wildman–Crippen LogP) is 4.48. The van der Waals surface area contributed by atoms with Crippen molar-refractivity contribution in [2.45, 2.75) is 11.8 Å². The fraction of sp³-hybridized carbons (Fsp3) is 0.143. The van der Waals surface area contributed by atoms with Gasteiger partial charge in [-0.05, 0) is 37.3 Å². The van der Waals surface area contributed by atoms with Gasteiger partial charge in [-0.2, -0.15) is 10.1 Å². The van der Waals surface area contributed by atoms with Crippen LogP contribution in [0.25, 0.3) is 28.7 Å². The molecular formula is C21H16Cl2N4O5S. The second-order valence-electron chi connectivity index (χ2n) is 6.82. The highest BCUT2D eigenvalue weighted by Crippen LogP contribution is 2.35. The van der Waals surface area contributed by atoms with Crippen LogP contribution in [-0.4, -0.2) is 47.2 Å². The lowest BCUT2D eigenvalue weighted by Crippen LogP contribution is -2.07. The molecule has 4 aromatic rings. The lowest BCUT2D eigenvalue weighted by molar-refractivity contribution is 0.0519. The monoisotopic (exact) mass is 506 g/mol. The summed E-state index contributed by atoms with van der Waals surface area (Å²) in [5.41, 5.74) is 0.834. The number of rotatable bonds is 6. The van der Waals surface area contributed by atoms with E-state index in [0.717, 1.165) is 6.26 Å². The summed E-state index contributed by atoms with van der Waals surface area (Å²) in [4.78, 5) is 16.9. The zero-order valence-electron chi connectivity index (χ0n) is 17.3. The number of halogens is 2. The van der Waals surface area contributed by atoms with Crippen LogP contribution in [0.2, 0.25) is 10.0 Å². The van der Waals surface area contributed by atoms with Gasteiger partial charge in [0.25, 0.3) is 5.89 Å². The van der Waals surface area contributed by atoms with Gasteiger partial charge in [0, 0.05) is 11.8 Å². The highest BCUT2D eigenvalue weighted by molar-refractivity contribution is 7.90. The molecule has 33 heavy (non-hydrogen) atoms. The van der Waals surface area contributed by atoms with Gasteiger partial charge in [-0.15, -0.1) is 0 Å². The van der Waals surface area contributed by atoms with Crippen LogP contribution in [0.15, 0.2) is 57.9 Å². The van der Waals surface area contributed by atoms with Crippen molar-refractivity contribution in [2.24, 2.45) is 0 Å². The van der Waals surface area contributed by atoms with Gasteiger partial charge in [0.05, 0.1) is 22.2 Å². The Balaban J connectivity index is 1.87. The molecule has 2 aromatic carbocycles. The molecule has 12 heteroatoms. The summed E-state index contributed by atoms with van der Waals surface area (Å²) in [5, 5.41) is 8.56. The van der Waals surface area contributed by atoms with E-state index in [1.54, 1.807) is 43.3 Å². The average Bonchev–Trinajstić information content (AvgIpc) is 3.38. The van der Waals surface area contributed by atoms with Crippen LogP contribution in [0.1, 0.15) is 17.4 Å². The van der Waals surface area contributed by atoms with Crippen molar-refractivity contribution in [3.8, 4) is 28.7 Å². The summed E-state index contributed by atoms with van der Waals surface area (Å²) in [7, 11) is -3.44. The second-order valence-corrected chi connectivity index (χ2v) is 9.62. The van der Waals surface area contributed by atoms with Crippen molar-refractivity contribution in [1.29, 1.82) is 0 Å². The van der Waals surface area contributed by atoms with Crippen molar-refractivity contribution < 1.29 is 22.5 Å². The quantitative estimate of drug-likeness (QED) is 0.351. The fourth-order valence-electron chi connectivity index (χ4n) is 3.02. The minimum absolute atomic E-state index is 0.0164. The molecular weight excluding hydrogens is 491 g/mol. The van der Waals surface area contributed by atoms with E-state index in [1.165, 1.54) is 16.8 Å². The summed E-state index contributed by atoms with van der Waals surface area (Å²) in [6, 6.07) is 12.9. The van der Waals surface area contributed by atoms with Crippen LogP contribution in [-0.2, 0) is 14.6 Å². The van der Waals surface area contributed by atoms with E-state index < -0.39 is 15.8 Å². The maximum absolute atomic E-state index is 12.4. The molecule has 0 aliphatic rings. The third-order valence-corrected chi connectivity index (χ3v) is 6.31. The number of carbonyl (C=O) groups is 1. The SMILES string of the molecule is CCOC(=O)c1nn(-c2ccccc2Cl)c(-c2noc(-c3cccc(S(C)(=O)=O)c3)n2)c1Cl. The first-order valence-electron chi connectivity index (χ1n) is 9.55. The number of benzene rings is 2. The second kappa shape index (κ2) is 8.97. The van der Waals surface area contributed by atoms with Crippen molar-refractivity contribution in [1.82, 2.24) is 19.9 Å². The molecule has 2 heterocycles. The Morgan fingerprint density at radius 3 is 2.61 bits per heavy atom. The molecule has 0 amide bonds. The van der Waals surface area contributed by atoms with Gasteiger partial charge < -0.3 is 9.26 Å². The van der Waals surface area contributed by atoms with Crippen LogP contribution in [0.5, 0.6) is 0 Å². The van der Waals surface area contributed by atoms with Crippen molar-refractivity contribution in [3.63, 3.8) is 0 Å². The number of para-hydroxylation sites is 1. The summed E-state index contributed by atoms with van der Waals surface area (Å²) in [5.74, 6) is -0.655. The van der Waals surface area contributed by atoms with Gasteiger partial charge in [0.1, 0.15) is 10.7 Å². The molecule has 0 saturated carbocycles. The topological polar surface area (TPSA) is 117 Å². The van der Waals surface area contributed by atoms with E-state index in [1.807, 2.05) is 0 Å². The first-order valence-corrected chi connectivity index (χ1v) is 12.2. The van der Waals surface area contributed by atoms with Gasteiger partial charge in [-0.3, -0.25) is 0 Å². The Labute approximate surface area is 198 Å². The zero-order chi connectivity index (χ0) is 23.8. The number of hydrogen-bond donors (Lipinski definition) is 0. The number of esters is 1. The molecule has 0 aliphatic heterocycles. The van der Waals surface area contributed by atoms with Crippen LogP contribution in [0.4, 0.5) is 0 Å². The normalized spacial score (nSPS) is 11.5. The lowest BCUT2D eigenvalue weighted by Gasteiger charge is -2.06. The highest BCUT2D eigenvalue weighted by atomic mass is 35.5. The number of hydrogen-bond acceptors (Lipinski definition) is 8. The van der Waals surface area contributed by atoms with Crippen LogP contribution in [0, 0.1) is 0 Å². The summed E-state index contributed by atoms with van der Waals surface area (Å²) < 4.78 is 35.5. The Hall–Kier alpha value is -3.21. The van der Waals surface area contributed by atoms with Crippen molar-refractivity contribution in [2.75, 3.05) is 12.9 Å². The first-order chi connectivity index (χ1) is 15.7. The number of nitrogens with zero attached hydrogens (tertiary/aromatic N) is 4. The van der Waals surface area contributed by atoms with E-state index in [4.69, 9.17) is 32.5 Å². The fourth-order valence-corrected chi connectivity index (χ4v) is 4.18. The molecule has 0 radical (unpaired) electrons. The third kappa shape index (κ3) is 4.50. The van der Waals surface area contributed by atoms with Gasteiger partial charge in [-0.1, -0.05) is 46.6 Å². The molecule has 0 spiro atoms. The molecule has 2 aromatic heterocycles. The van der Waals surface area contributed by atoms with Crippen LogP contribution >= 0.6 is 23.2 Å². The van der Waals surface area contributed by atoms with Gasteiger partial charge in [-0.25, -0.2) is 17.9 Å². The number of aromatic nitrogens is 4. The Bertz CT molecular complexity index is 1460. The van der Waals surface area contributed by atoms with Crippen LogP contribution in [0.3, 0.4) is 0 Å². The maximum atomic E-state index is 12.4. The Kier molecular flexibility index (Phi) is 6.24. The molecule has 0 fully saturated rings. The Morgan fingerprint density at radius 2 is 1.91 bits per heavy atom. The van der Waals surface area contributed by atoms with E-state index in [9.17, 15) is 13.2 Å². The average molecular weight is 507 g/mol. The number of ether oxygens (including phenoxy) is 1. The van der Waals surface area contributed by atoms with Crippen molar-refractivity contribution >= 4 is 39.0 Å². The largest absolute Gasteiger partial charge is 0.461 e. The van der Waals surface area contributed by atoms with Gasteiger partial charge >= 0.3 is 5.97 Å². The molecule has 0 unspecified atom stereocenters. The molecule has 0 N–H and O–H groups in total. The van der Waals surface area contributed by atoms with E-state index >= 15 is 0 Å². The minimum atomic E-state index is -3.44. The molecule has 0 saturated heterocycles. The summed E-state index contributed by atoms with van der Waals surface area (Å²) in [6.07, 6.45) is 1.10. The third-order valence-electron chi connectivity index (χ3n) is 4.52. The van der Waals surface area contributed by atoms with Crippen molar-refractivity contribution in [3.05, 3.63) is 64.3 Å². The molecule has 9 nitrogen and oxygen atoms in total. The number of carbonyl (C=O) groups excluding carboxylic acids is 1. The maximum Gasteiger partial charge on any atom is 0.360 e. The van der Waals surface area contributed by atoms with E-state index in [2.05, 4.69) is 15.2 Å². The highest BCUT2D eigenvalue weighted by Gasteiger charge is 2.28. The number of sulfone groups is 1. The first kappa shape index (κ1) is 23.0. The Morgan fingerprint density at radius 1 is 1.15 bits per heavy atom. The van der Waals surface area contributed by atoms with Gasteiger partial charge in [0.2, 0.25) is 5.82 Å². The predicted molar refractivity (Wildman–Crippen MR) is 121 cm³/mol. The van der Waals surface area contributed by atoms with E-state index in [0.29, 0.717) is 16.3 Å². The standard InChI is InChI=1S/C21H16Cl2N4O5S/c1-3-31-21(28)17-16(23)18(27(25-17)15-10-5-4-9-14(15)22)19-24-20(32-26-19)12-7-6-8-13(11-12)33(2,29)30/h4-11H,3H2,1-2H3. The summed E-state index contributed by atoms with van der Waals surface area (Å²) in [6.45, 7) is 1.79. The lowest BCUT2D eigenvalue weighted by atomic mass is 10.2. The van der Waals surface area contributed by atoms with E-state index in [-0.39, 0.29) is 39.6 Å². The van der Waals surface area contributed by atoms with Gasteiger partial charge in [0.15, 0.2) is 15.5 Å². The van der Waals surface area contributed by atoms with Crippen LogP contribution < -0.4 is 0 Å². The minimum Gasteiger partial charge on any atom is -0.461 e. The molecule has 170 valence electrons. The zero-order valence-corrected chi connectivity index (χ0v) is 19.6. The molecule has 0 atom stereocenters. The summed E-state index contributed by atoms with van der Waals surface area (Å²) >= 11 is 12.8. The molecule has 0 aliphatic carbocycles.